The molecule has 0 aliphatic carbocycles. The summed E-state index contributed by atoms with van der Waals surface area (Å²) in [5.74, 6) is -0.182. The van der Waals surface area contributed by atoms with Crippen LogP contribution in [-0.4, -0.2) is 36.3 Å². The van der Waals surface area contributed by atoms with E-state index in [1.807, 2.05) is 0 Å². The predicted octanol–water partition coefficient (Wildman–Crippen LogP) is 1.31. The maximum Gasteiger partial charge on any atom is 0.261 e. The molecule has 0 fully saturated rings. The lowest BCUT2D eigenvalue weighted by Gasteiger charge is -2.09. The van der Waals surface area contributed by atoms with Crippen LogP contribution in [0, 0.1) is 6.92 Å². The average Bonchev–Trinajstić information content (AvgIpc) is 2.24. The van der Waals surface area contributed by atoms with Gasteiger partial charge in [0.15, 0.2) is 0 Å². The second-order valence-electron chi connectivity index (χ2n) is 3.83. The minimum atomic E-state index is -3.83. The Bertz CT molecular complexity index is 654. The number of aryl methyl sites for hydroxylation is 1. The molecule has 108 valence electrons. The summed E-state index contributed by atoms with van der Waals surface area (Å²) in [6.45, 7) is 1.60. The van der Waals surface area contributed by atoms with Crippen molar-refractivity contribution in [3.8, 4) is 0 Å². The molecule has 0 radical (unpaired) electrons. The lowest BCUT2D eigenvalue weighted by molar-refractivity contribution is 0.217. The van der Waals surface area contributed by atoms with E-state index < -0.39 is 19.1 Å². The van der Waals surface area contributed by atoms with Crippen LogP contribution in [0.25, 0.3) is 0 Å². The maximum atomic E-state index is 11.6. The van der Waals surface area contributed by atoms with Crippen LogP contribution >= 0.6 is 10.7 Å². The molecule has 1 rings (SSSR count). The normalized spacial score (nSPS) is 12.4. The molecule has 0 atom stereocenters. The topological polar surface area (TPSA) is 89.5 Å². The molecule has 0 heterocycles. The second kappa shape index (κ2) is 6.08. The second-order valence-corrected chi connectivity index (χ2v) is 8.21. The van der Waals surface area contributed by atoms with Gasteiger partial charge in [0.1, 0.15) is 0 Å². The highest BCUT2D eigenvalue weighted by Gasteiger charge is 2.15. The van der Waals surface area contributed by atoms with E-state index in [1.165, 1.54) is 32.2 Å². The Labute approximate surface area is 117 Å². The van der Waals surface area contributed by atoms with Gasteiger partial charge < -0.3 is 4.74 Å². The van der Waals surface area contributed by atoms with Gasteiger partial charge in [0.2, 0.25) is 10.0 Å². The molecule has 0 bridgehead atoms. The summed E-state index contributed by atoms with van der Waals surface area (Å²) in [5, 5.41) is 0. The minimum Gasteiger partial charge on any atom is -0.384 e. The SMILES string of the molecule is COCCS(=O)(=O)Nc1ccc(S(=O)(=O)Cl)c(C)c1. The molecule has 0 spiro atoms. The zero-order valence-electron chi connectivity index (χ0n) is 10.4. The predicted molar refractivity (Wildman–Crippen MR) is 73.5 cm³/mol. The summed E-state index contributed by atoms with van der Waals surface area (Å²) < 4.78 is 52.7. The standard InChI is InChI=1S/C10H14ClNO5S2/c1-8-7-9(3-4-10(8)19(11,15)16)12-18(13,14)6-5-17-2/h3-4,7,12H,5-6H2,1-2H3. The molecule has 6 nitrogen and oxygen atoms in total. The maximum absolute atomic E-state index is 11.6. The van der Waals surface area contributed by atoms with Gasteiger partial charge in [0.25, 0.3) is 9.05 Å². The third-order valence-corrected chi connectivity index (χ3v) is 5.00. The molecule has 1 aromatic carbocycles. The molecule has 0 aromatic heterocycles. The fraction of sp³-hybridized carbons (Fsp3) is 0.400. The van der Waals surface area contributed by atoms with Gasteiger partial charge in [-0.1, -0.05) is 0 Å². The fourth-order valence-electron chi connectivity index (χ4n) is 1.41. The van der Waals surface area contributed by atoms with Crippen LogP contribution in [0.15, 0.2) is 23.1 Å². The Kier molecular flexibility index (Phi) is 5.19. The number of benzene rings is 1. The number of anilines is 1. The summed E-state index contributed by atoms with van der Waals surface area (Å²) in [7, 11) is -0.715. The summed E-state index contributed by atoms with van der Waals surface area (Å²) in [4.78, 5) is -0.0472. The lowest BCUT2D eigenvalue weighted by Crippen LogP contribution is -2.19. The highest BCUT2D eigenvalue weighted by atomic mass is 35.7. The molecule has 9 heteroatoms. The number of nitrogens with one attached hydrogen (secondary N) is 1. The van der Waals surface area contributed by atoms with E-state index in [9.17, 15) is 16.8 Å². The van der Waals surface area contributed by atoms with E-state index in [4.69, 9.17) is 10.7 Å². The third-order valence-electron chi connectivity index (χ3n) is 2.27. The van der Waals surface area contributed by atoms with Crippen LogP contribution in [-0.2, 0) is 23.8 Å². The molecular formula is C10H14ClNO5S2. The first-order valence-corrected chi connectivity index (χ1v) is 9.16. The monoisotopic (exact) mass is 327 g/mol. The van der Waals surface area contributed by atoms with Crippen molar-refractivity contribution in [3.63, 3.8) is 0 Å². The van der Waals surface area contributed by atoms with Gasteiger partial charge >= 0.3 is 0 Å². The summed E-state index contributed by atoms with van der Waals surface area (Å²) in [6, 6.07) is 4.00. The Balaban J connectivity index is 2.97. The molecule has 1 aromatic rings. The Hall–Kier alpha value is -0.830. The van der Waals surface area contributed by atoms with E-state index in [0.29, 0.717) is 5.56 Å². The van der Waals surface area contributed by atoms with Crippen LogP contribution in [0.4, 0.5) is 5.69 Å². The van der Waals surface area contributed by atoms with Gasteiger partial charge in [-0.25, -0.2) is 16.8 Å². The Morgan fingerprint density at radius 2 is 1.89 bits per heavy atom. The number of methoxy groups -OCH3 is 1. The summed E-state index contributed by atoms with van der Waals surface area (Å²) in [5.41, 5.74) is 0.639. The van der Waals surface area contributed by atoms with Crippen LogP contribution in [0.3, 0.4) is 0 Å². The minimum absolute atomic E-state index is 0.0472. The zero-order chi connectivity index (χ0) is 14.7. The van der Waals surface area contributed by atoms with Gasteiger partial charge in [0, 0.05) is 23.5 Å². The van der Waals surface area contributed by atoms with Crippen LogP contribution in [0.1, 0.15) is 5.56 Å². The number of rotatable bonds is 6. The average molecular weight is 328 g/mol. The van der Waals surface area contributed by atoms with Gasteiger partial charge in [-0.2, -0.15) is 0 Å². The number of sulfonamides is 1. The van der Waals surface area contributed by atoms with Crippen molar-refractivity contribution in [2.45, 2.75) is 11.8 Å². The Morgan fingerprint density at radius 3 is 2.37 bits per heavy atom. The van der Waals surface area contributed by atoms with Gasteiger partial charge in [0.05, 0.1) is 17.3 Å². The molecular weight excluding hydrogens is 314 g/mol. The molecule has 1 N–H and O–H groups in total. The number of hydrogen-bond acceptors (Lipinski definition) is 5. The first-order valence-electron chi connectivity index (χ1n) is 5.20. The Morgan fingerprint density at radius 1 is 1.26 bits per heavy atom. The lowest BCUT2D eigenvalue weighted by atomic mass is 10.2. The third kappa shape index (κ3) is 4.98. The zero-order valence-corrected chi connectivity index (χ0v) is 12.8. The molecule has 0 saturated carbocycles. The van der Waals surface area contributed by atoms with Gasteiger partial charge in [-0.05, 0) is 30.7 Å². The van der Waals surface area contributed by atoms with Crippen molar-refractivity contribution >= 4 is 35.4 Å². The van der Waals surface area contributed by atoms with Gasteiger partial charge in [-0.15, -0.1) is 0 Å². The highest BCUT2D eigenvalue weighted by molar-refractivity contribution is 8.13. The largest absolute Gasteiger partial charge is 0.384 e. The van der Waals surface area contributed by atoms with Crippen LogP contribution in [0.2, 0.25) is 0 Å². The van der Waals surface area contributed by atoms with Crippen LogP contribution in [0.5, 0.6) is 0 Å². The van der Waals surface area contributed by atoms with Crippen molar-refractivity contribution in [3.05, 3.63) is 23.8 Å². The van der Waals surface area contributed by atoms with Crippen molar-refractivity contribution in [2.75, 3.05) is 24.2 Å². The molecule has 0 aliphatic heterocycles. The molecule has 0 saturated heterocycles. The number of ether oxygens (including phenoxy) is 1. The van der Waals surface area contributed by atoms with Crippen molar-refractivity contribution in [2.24, 2.45) is 0 Å². The van der Waals surface area contributed by atoms with Crippen molar-refractivity contribution in [1.82, 2.24) is 0 Å². The first-order chi connectivity index (χ1) is 8.65. The van der Waals surface area contributed by atoms with Crippen molar-refractivity contribution in [1.29, 1.82) is 0 Å². The van der Waals surface area contributed by atoms with Crippen LogP contribution < -0.4 is 4.72 Å². The van der Waals surface area contributed by atoms with E-state index in [-0.39, 0.29) is 22.9 Å². The number of hydrogen-bond donors (Lipinski definition) is 1. The molecule has 0 amide bonds. The van der Waals surface area contributed by atoms with E-state index in [1.54, 1.807) is 0 Å². The summed E-state index contributed by atoms with van der Waals surface area (Å²) in [6.07, 6.45) is 0. The summed E-state index contributed by atoms with van der Waals surface area (Å²) >= 11 is 0. The van der Waals surface area contributed by atoms with E-state index in [2.05, 4.69) is 9.46 Å². The van der Waals surface area contributed by atoms with Crippen molar-refractivity contribution < 1.29 is 21.6 Å². The molecule has 19 heavy (non-hydrogen) atoms. The molecule has 0 aliphatic rings. The smallest absolute Gasteiger partial charge is 0.261 e. The quantitative estimate of drug-likeness (QED) is 0.796. The highest BCUT2D eigenvalue weighted by Crippen LogP contribution is 2.23. The fourth-order valence-corrected chi connectivity index (χ4v) is 3.58. The van der Waals surface area contributed by atoms with E-state index in [0.717, 1.165) is 0 Å². The van der Waals surface area contributed by atoms with E-state index >= 15 is 0 Å². The first kappa shape index (κ1) is 16.2. The molecule has 0 unspecified atom stereocenters. The number of halogens is 1. The van der Waals surface area contributed by atoms with Gasteiger partial charge in [-0.3, -0.25) is 4.72 Å².